The zero-order valence-electron chi connectivity index (χ0n) is 11.7. The Morgan fingerprint density at radius 1 is 1.38 bits per heavy atom. The molecule has 0 fully saturated rings. The first-order valence-corrected chi connectivity index (χ1v) is 8.36. The van der Waals surface area contributed by atoms with Gasteiger partial charge in [-0.25, -0.2) is 0 Å². The summed E-state index contributed by atoms with van der Waals surface area (Å²) in [7, 11) is 0. The Balaban J connectivity index is 1.91. The van der Waals surface area contributed by atoms with E-state index in [-0.39, 0.29) is 5.91 Å². The van der Waals surface area contributed by atoms with E-state index in [1.807, 2.05) is 0 Å². The fraction of sp³-hybridized carbons (Fsp3) is 0.500. The van der Waals surface area contributed by atoms with Crippen molar-refractivity contribution in [3.63, 3.8) is 0 Å². The third kappa shape index (κ3) is 3.01. The lowest BCUT2D eigenvalue weighted by atomic mass is 9.94. The molecule has 1 aliphatic carbocycles. The van der Waals surface area contributed by atoms with Crippen molar-refractivity contribution in [1.29, 1.82) is 0 Å². The second kappa shape index (κ2) is 6.23. The number of thioether (sulfide) groups is 1. The van der Waals surface area contributed by atoms with Crippen LogP contribution < -0.4 is 5.32 Å². The number of carbonyl (C=O) groups excluding carboxylic acids is 1. The van der Waals surface area contributed by atoms with Gasteiger partial charge in [-0.2, -0.15) is 0 Å². The normalized spacial score (nSPS) is 18.9. The van der Waals surface area contributed by atoms with Gasteiger partial charge in [-0.15, -0.1) is 0 Å². The molecule has 1 aromatic heterocycles. The maximum atomic E-state index is 12.5. The van der Waals surface area contributed by atoms with E-state index in [0.29, 0.717) is 22.2 Å². The summed E-state index contributed by atoms with van der Waals surface area (Å²) >= 11 is 7.86. The van der Waals surface area contributed by atoms with Gasteiger partial charge in [0.25, 0.3) is 5.91 Å². The SMILES string of the molecule is Cc1onc(C2=C(Cl)CCCC2)c1C(=O)NC1=NCCS1. The molecule has 1 amide bonds. The van der Waals surface area contributed by atoms with E-state index in [1.165, 1.54) is 0 Å². The molecule has 0 saturated carbocycles. The Bertz CT molecular complexity index is 636. The molecule has 3 rings (SSSR count). The summed E-state index contributed by atoms with van der Waals surface area (Å²) in [6, 6.07) is 0. The van der Waals surface area contributed by atoms with Crippen LogP contribution in [0.1, 0.15) is 47.5 Å². The van der Waals surface area contributed by atoms with Crippen LogP contribution in [0.3, 0.4) is 0 Å². The fourth-order valence-corrected chi connectivity index (χ4v) is 3.57. The lowest BCUT2D eigenvalue weighted by molar-refractivity contribution is 0.0976. The van der Waals surface area contributed by atoms with E-state index in [1.54, 1.807) is 18.7 Å². The van der Waals surface area contributed by atoms with Crippen LogP contribution in [0.5, 0.6) is 0 Å². The van der Waals surface area contributed by atoms with Gasteiger partial charge < -0.3 is 9.84 Å². The average molecular weight is 326 g/mol. The molecule has 1 aromatic rings. The number of nitrogens with zero attached hydrogens (tertiary/aromatic N) is 2. The van der Waals surface area contributed by atoms with E-state index in [9.17, 15) is 4.79 Å². The molecular weight excluding hydrogens is 310 g/mol. The number of aromatic nitrogens is 1. The van der Waals surface area contributed by atoms with Crippen molar-refractivity contribution >= 4 is 40.0 Å². The first-order chi connectivity index (χ1) is 10.2. The molecule has 0 spiro atoms. The maximum absolute atomic E-state index is 12.5. The predicted octanol–water partition coefficient (Wildman–Crippen LogP) is 3.34. The zero-order chi connectivity index (χ0) is 14.8. The summed E-state index contributed by atoms with van der Waals surface area (Å²) in [6.07, 6.45) is 3.81. The summed E-state index contributed by atoms with van der Waals surface area (Å²) < 4.78 is 5.23. The molecule has 0 bridgehead atoms. The Hall–Kier alpha value is -1.27. The Morgan fingerprint density at radius 2 is 2.19 bits per heavy atom. The summed E-state index contributed by atoms with van der Waals surface area (Å²) in [6.45, 7) is 2.49. The summed E-state index contributed by atoms with van der Waals surface area (Å²) in [5.74, 6) is 1.19. The van der Waals surface area contributed by atoms with Crippen LogP contribution in [0, 0.1) is 6.92 Å². The average Bonchev–Trinajstić information content (AvgIpc) is 3.09. The molecule has 0 unspecified atom stereocenters. The smallest absolute Gasteiger partial charge is 0.263 e. The largest absolute Gasteiger partial charge is 0.360 e. The minimum atomic E-state index is -0.223. The van der Waals surface area contributed by atoms with Crippen LogP contribution in [0.15, 0.2) is 14.5 Å². The third-order valence-electron chi connectivity index (χ3n) is 3.58. The molecule has 0 saturated heterocycles. The van der Waals surface area contributed by atoms with Gasteiger partial charge in [-0.05, 0) is 38.2 Å². The third-order valence-corrected chi connectivity index (χ3v) is 4.89. The highest BCUT2D eigenvalue weighted by Crippen LogP contribution is 2.36. The number of rotatable bonds is 2. The molecule has 0 aromatic carbocycles. The minimum absolute atomic E-state index is 0.223. The van der Waals surface area contributed by atoms with E-state index < -0.39 is 0 Å². The second-order valence-corrected chi connectivity index (χ2v) is 6.58. The highest BCUT2D eigenvalue weighted by Gasteiger charge is 2.26. The lowest BCUT2D eigenvalue weighted by Gasteiger charge is -2.15. The van der Waals surface area contributed by atoms with Gasteiger partial charge in [0.15, 0.2) is 5.17 Å². The molecule has 1 aliphatic heterocycles. The van der Waals surface area contributed by atoms with Crippen LogP contribution in [-0.2, 0) is 0 Å². The molecule has 1 N–H and O–H groups in total. The highest BCUT2D eigenvalue weighted by atomic mass is 35.5. The number of amides is 1. The maximum Gasteiger partial charge on any atom is 0.263 e. The molecule has 5 nitrogen and oxygen atoms in total. The fourth-order valence-electron chi connectivity index (χ4n) is 2.53. The van der Waals surface area contributed by atoms with E-state index >= 15 is 0 Å². The highest BCUT2D eigenvalue weighted by molar-refractivity contribution is 8.14. The number of allylic oxidation sites excluding steroid dienone is 2. The van der Waals surface area contributed by atoms with Crippen LogP contribution in [0.2, 0.25) is 0 Å². The second-order valence-electron chi connectivity index (χ2n) is 5.04. The summed E-state index contributed by atoms with van der Waals surface area (Å²) in [4.78, 5) is 16.7. The molecule has 2 heterocycles. The molecule has 2 aliphatic rings. The van der Waals surface area contributed by atoms with Gasteiger partial charge >= 0.3 is 0 Å². The molecule has 7 heteroatoms. The standard InChI is InChI=1S/C14H16ClN3O2S/c1-8-11(13(19)17-14-16-6-7-21-14)12(18-20-8)9-4-2-3-5-10(9)15/h2-7H2,1H3,(H,16,17,19). The van der Waals surface area contributed by atoms with Crippen molar-refractivity contribution in [2.45, 2.75) is 32.6 Å². The number of amidine groups is 1. The number of halogens is 1. The number of aryl methyl sites for hydroxylation is 1. The van der Waals surface area contributed by atoms with Crippen LogP contribution in [0.4, 0.5) is 0 Å². The van der Waals surface area contributed by atoms with Gasteiger partial charge in [0.2, 0.25) is 0 Å². The van der Waals surface area contributed by atoms with Gasteiger partial charge in [-0.1, -0.05) is 28.5 Å². The number of hydrogen-bond donors (Lipinski definition) is 1. The van der Waals surface area contributed by atoms with Crippen molar-refractivity contribution in [3.8, 4) is 0 Å². The van der Waals surface area contributed by atoms with Crippen molar-refractivity contribution in [2.24, 2.45) is 4.99 Å². The summed E-state index contributed by atoms with van der Waals surface area (Å²) in [5.41, 5.74) is 1.99. The first-order valence-electron chi connectivity index (χ1n) is 6.99. The van der Waals surface area contributed by atoms with E-state index in [2.05, 4.69) is 15.5 Å². The van der Waals surface area contributed by atoms with Crippen molar-refractivity contribution < 1.29 is 9.32 Å². The topological polar surface area (TPSA) is 67.5 Å². The van der Waals surface area contributed by atoms with Crippen molar-refractivity contribution in [3.05, 3.63) is 22.0 Å². The van der Waals surface area contributed by atoms with Crippen LogP contribution in [-0.4, -0.2) is 28.5 Å². The van der Waals surface area contributed by atoms with Crippen molar-refractivity contribution in [1.82, 2.24) is 10.5 Å². The quantitative estimate of drug-likeness (QED) is 0.905. The summed E-state index contributed by atoms with van der Waals surface area (Å²) in [5, 5.41) is 8.34. The number of carbonyl (C=O) groups is 1. The van der Waals surface area contributed by atoms with Crippen LogP contribution >= 0.6 is 23.4 Å². The zero-order valence-corrected chi connectivity index (χ0v) is 13.3. The predicted molar refractivity (Wildman–Crippen MR) is 84.7 cm³/mol. The van der Waals surface area contributed by atoms with Crippen LogP contribution in [0.25, 0.3) is 5.57 Å². The molecule has 0 radical (unpaired) electrons. The Morgan fingerprint density at radius 3 is 2.90 bits per heavy atom. The minimum Gasteiger partial charge on any atom is -0.360 e. The van der Waals surface area contributed by atoms with Gasteiger partial charge in [0.1, 0.15) is 17.0 Å². The molecule has 112 valence electrons. The number of aliphatic imine (C=N–C) groups is 1. The first kappa shape index (κ1) is 14.7. The van der Waals surface area contributed by atoms with Crippen molar-refractivity contribution in [2.75, 3.05) is 12.3 Å². The number of nitrogens with one attached hydrogen (secondary N) is 1. The number of hydrogen-bond acceptors (Lipinski definition) is 5. The lowest BCUT2D eigenvalue weighted by Crippen LogP contribution is -2.28. The van der Waals surface area contributed by atoms with E-state index in [0.717, 1.165) is 48.6 Å². The molecule has 0 atom stereocenters. The van der Waals surface area contributed by atoms with Gasteiger partial charge in [-0.3, -0.25) is 9.79 Å². The Kier molecular flexibility index (Phi) is 4.35. The van der Waals surface area contributed by atoms with Gasteiger partial charge in [0.05, 0.1) is 6.54 Å². The van der Waals surface area contributed by atoms with Gasteiger partial charge in [0, 0.05) is 10.8 Å². The molecular formula is C14H16ClN3O2S. The molecule has 21 heavy (non-hydrogen) atoms. The Labute approximate surface area is 132 Å². The van der Waals surface area contributed by atoms with E-state index in [4.69, 9.17) is 16.1 Å². The monoisotopic (exact) mass is 325 g/mol.